The first-order valence-electron chi connectivity index (χ1n) is 15.5. The lowest BCUT2D eigenvalue weighted by molar-refractivity contribution is -0.151. The standard InChI is InChI=1S/C36H53NO5/c1-23(2)25(4)40-32(38)31-21-30(31)26-11-13-27(14-12-26)36(9,10)28-15-17-29(18-16-28)41-33(39)42-35(7,8)20-19-34(5,6)22-24(3)37/h11-18,23-25,30-31H,19-22,37H2,1-10H3. The van der Waals surface area contributed by atoms with Crippen LogP contribution < -0.4 is 10.5 Å². The molecule has 6 nitrogen and oxygen atoms in total. The maximum Gasteiger partial charge on any atom is 0.514 e. The Morgan fingerprint density at radius 3 is 1.93 bits per heavy atom. The molecule has 0 radical (unpaired) electrons. The number of carbonyl (C=O) groups is 2. The van der Waals surface area contributed by atoms with E-state index in [9.17, 15) is 9.59 Å². The van der Waals surface area contributed by atoms with E-state index in [0.29, 0.717) is 11.7 Å². The second-order valence-electron chi connectivity index (χ2n) is 14.7. The highest BCUT2D eigenvalue weighted by Crippen LogP contribution is 2.49. The zero-order chi connectivity index (χ0) is 31.5. The van der Waals surface area contributed by atoms with Crippen molar-refractivity contribution in [3.05, 3.63) is 65.2 Å². The van der Waals surface area contributed by atoms with Gasteiger partial charge in [0.15, 0.2) is 0 Å². The van der Waals surface area contributed by atoms with Crippen molar-refractivity contribution < 1.29 is 23.8 Å². The molecule has 232 valence electrons. The van der Waals surface area contributed by atoms with Crippen LogP contribution in [0.5, 0.6) is 5.75 Å². The van der Waals surface area contributed by atoms with Crippen molar-refractivity contribution in [2.45, 2.75) is 124 Å². The largest absolute Gasteiger partial charge is 0.514 e. The number of benzene rings is 2. The highest BCUT2D eigenvalue weighted by Gasteiger charge is 2.45. The fourth-order valence-electron chi connectivity index (χ4n) is 5.49. The van der Waals surface area contributed by atoms with Crippen molar-refractivity contribution in [3.63, 3.8) is 0 Å². The van der Waals surface area contributed by atoms with E-state index in [-0.39, 0.29) is 40.8 Å². The van der Waals surface area contributed by atoms with Crippen LogP contribution in [-0.2, 0) is 19.7 Å². The molecule has 0 spiro atoms. The van der Waals surface area contributed by atoms with Crippen molar-refractivity contribution in [2.24, 2.45) is 23.0 Å². The van der Waals surface area contributed by atoms with Gasteiger partial charge < -0.3 is 19.9 Å². The summed E-state index contributed by atoms with van der Waals surface area (Å²) in [6.07, 6.45) is 2.61. The Balaban J connectivity index is 1.55. The number of rotatable bonds is 13. The average molecular weight is 580 g/mol. The molecule has 2 aromatic rings. The monoisotopic (exact) mass is 579 g/mol. The fraction of sp³-hybridized carbons (Fsp3) is 0.611. The van der Waals surface area contributed by atoms with Crippen LogP contribution in [0, 0.1) is 17.3 Å². The number of ether oxygens (including phenoxy) is 3. The molecule has 1 aliphatic rings. The van der Waals surface area contributed by atoms with Crippen molar-refractivity contribution in [3.8, 4) is 5.75 Å². The lowest BCUT2D eigenvalue weighted by Gasteiger charge is -2.31. The maximum atomic E-state index is 12.6. The van der Waals surface area contributed by atoms with Gasteiger partial charge in [-0.1, -0.05) is 77.9 Å². The molecular formula is C36H53NO5. The predicted molar refractivity (Wildman–Crippen MR) is 169 cm³/mol. The van der Waals surface area contributed by atoms with Gasteiger partial charge in [-0.05, 0) is 99.5 Å². The van der Waals surface area contributed by atoms with Gasteiger partial charge in [-0.2, -0.15) is 0 Å². The lowest BCUT2D eigenvalue weighted by Crippen LogP contribution is -2.32. The molecule has 3 rings (SSSR count). The molecule has 0 aliphatic heterocycles. The van der Waals surface area contributed by atoms with Crippen molar-refractivity contribution in [2.75, 3.05) is 0 Å². The summed E-state index contributed by atoms with van der Waals surface area (Å²) in [6, 6.07) is 16.3. The van der Waals surface area contributed by atoms with E-state index in [4.69, 9.17) is 19.9 Å². The van der Waals surface area contributed by atoms with Gasteiger partial charge >= 0.3 is 12.1 Å². The normalized spacial score (nSPS) is 18.8. The smallest absolute Gasteiger partial charge is 0.462 e. The topological polar surface area (TPSA) is 87.9 Å². The minimum atomic E-state index is -0.700. The van der Waals surface area contributed by atoms with Crippen molar-refractivity contribution >= 4 is 12.1 Å². The van der Waals surface area contributed by atoms with Crippen molar-refractivity contribution in [1.82, 2.24) is 0 Å². The Bertz CT molecular complexity index is 1190. The quantitative estimate of drug-likeness (QED) is 0.189. The van der Waals surface area contributed by atoms with Gasteiger partial charge in [0.25, 0.3) is 0 Å². The lowest BCUT2D eigenvalue weighted by atomic mass is 9.78. The molecule has 0 saturated heterocycles. The highest BCUT2D eigenvalue weighted by atomic mass is 16.7. The zero-order valence-corrected chi connectivity index (χ0v) is 27.5. The van der Waals surface area contributed by atoms with Crippen LogP contribution in [0.3, 0.4) is 0 Å². The number of carbonyl (C=O) groups excluding carboxylic acids is 2. The molecule has 4 unspecified atom stereocenters. The van der Waals surface area contributed by atoms with E-state index in [1.807, 2.05) is 52.0 Å². The van der Waals surface area contributed by atoms with Crippen molar-refractivity contribution in [1.29, 1.82) is 0 Å². The minimum Gasteiger partial charge on any atom is -0.462 e. The van der Waals surface area contributed by atoms with Gasteiger partial charge in [-0.25, -0.2) is 4.79 Å². The first kappa shape index (κ1) is 33.6. The van der Waals surface area contributed by atoms with Gasteiger partial charge in [0.2, 0.25) is 0 Å². The van der Waals surface area contributed by atoms with Gasteiger partial charge in [-0.3, -0.25) is 4.79 Å². The molecular weight excluding hydrogens is 526 g/mol. The number of nitrogens with two attached hydrogens (primary N) is 1. The number of hydrogen-bond acceptors (Lipinski definition) is 6. The average Bonchev–Trinajstić information content (AvgIpc) is 3.68. The van der Waals surface area contributed by atoms with E-state index in [1.165, 1.54) is 11.1 Å². The van der Waals surface area contributed by atoms with Crippen LogP contribution in [-0.4, -0.2) is 29.9 Å². The summed E-state index contributed by atoms with van der Waals surface area (Å²) in [5, 5.41) is 0. The summed E-state index contributed by atoms with van der Waals surface area (Å²) in [7, 11) is 0. The highest BCUT2D eigenvalue weighted by molar-refractivity contribution is 5.77. The van der Waals surface area contributed by atoms with Crippen LogP contribution in [0.1, 0.15) is 118 Å². The van der Waals surface area contributed by atoms with E-state index in [2.05, 4.69) is 65.8 Å². The maximum absolute atomic E-state index is 12.6. The van der Waals surface area contributed by atoms with Gasteiger partial charge in [-0.15, -0.1) is 0 Å². The van der Waals surface area contributed by atoms with E-state index >= 15 is 0 Å². The summed E-state index contributed by atoms with van der Waals surface area (Å²) in [6.45, 7) is 20.7. The Kier molecular flexibility index (Phi) is 10.6. The predicted octanol–water partition coefficient (Wildman–Crippen LogP) is 8.54. The minimum absolute atomic E-state index is 0.0401. The van der Waals surface area contributed by atoms with Crippen LogP contribution >= 0.6 is 0 Å². The van der Waals surface area contributed by atoms with E-state index in [0.717, 1.165) is 31.2 Å². The second-order valence-corrected chi connectivity index (χ2v) is 14.7. The Labute approximate surface area is 253 Å². The van der Waals surface area contributed by atoms with Crippen LogP contribution in [0.2, 0.25) is 0 Å². The summed E-state index contributed by atoms with van der Waals surface area (Å²) in [4.78, 5) is 25.1. The number of esters is 1. The van der Waals surface area contributed by atoms with Crippen LogP contribution in [0.4, 0.5) is 4.79 Å². The molecule has 6 heteroatoms. The first-order chi connectivity index (χ1) is 19.4. The Morgan fingerprint density at radius 1 is 0.857 bits per heavy atom. The Hall–Kier alpha value is -2.86. The molecule has 1 aliphatic carbocycles. The molecule has 0 heterocycles. The zero-order valence-electron chi connectivity index (χ0n) is 27.5. The summed E-state index contributed by atoms with van der Waals surface area (Å²) < 4.78 is 16.8. The summed E-state index contributed by atoms with van der Waals surface area (Å²) >= 11 is 0. The van der Waals surface area contributed by atoms with E-state index < -0.39 is 11.8 Å². The SMILES string of the molecule is CC(N)CC(C)(C)CCC(C)(C)OC(=O)Oc1ccc(C(C)(C)c2ccc(C3CC3C(=O)OC(C)C(C)C)cc2)cc1. The molecule has 0 amide bonds. The molecule has 42 heavy (non-hydrogen) atoms. The molecule has 1 fully saturated rings. The van der Waals surface area contributed by atoms with Gasteiger partial charge in [0.05, 0.1) is 5.92 Å². The first-order valence-corrected chi connectivity index (χ1v) is 15.5. The van der Waals surface area contributed by atoms with Gasteiger partial charge in [0, 0.05) is 11.5 Å². The fourth-order valence-corrected chi connectivity index (χ4v) is 5.49. The Morgan fingerprint density at radius 2 is 1.40 bits per heavy atom. The molecule has 2 N–H and O–H groups in total. The molecule has 0 aromatic heterocycles. The third-order valence-corrected chi connectivity index (χ3v) is 8.81. The van der Waals surface area contributed by atoms with E-state index in [1.54, 1.807) is 0 Å². The van der Waals surface area contributed by atoms with Crippen LogP contribution in [0.15, 0.2) is 48.5 Å². The molecule has 1 saturated carbocycles. The van der Waals surface area contributed by atoms with Gasteiger partial charge in [0.1, 0.15) is 17.5 Å². The summed E-state index contributed by atoms with van der Waals surface area (Å²) in [5.74, 6) is 0.869. The molecule has 2 aromatic carbocycles. The third-order valence-electron chi connectivity index (χ3n) is 8.81. The third kappa shape index (κ3) is 9.32. The molecule has 0 bridgehead atoms. The number of hydrogen-bond donors (Lipinski definition) is 1. The van der Waals surface area contributed by atoms with Crippen LogP contribution in [0.25, 0.3) is 0 Å². The second kappa shape index (κ2) is 13.2. The molecule has 4 atom stereocenters. The summed E-state index contributed by atoms with van der Waals surface area (Å²) in [5.41, 5.74) is 8.60.